The summed E-state index contributed by atoms with van der Waals surface area (Å²) in [4.78, 5) is 8.03. The largest absolute Gasteiger partial charge is 0.394 e. The van der Waals surface area contributed by atoms with Crippen molar-refractivity contribution < 1.29 is 9.63 Å². The Balaban J connectivity index is 2.35. The van der Waals surface area contributed by atoms with Gasteiger partial charge in [-0.15, -0.1) is 0 Å². The fourth-order valence-corrected chi connectivity index (χ4v) is 1.32. The highest BCUT2D eigenvalue weighted by atomic mass is 35.5. The van der Waals surface area contributed by atoms with Crippen molar-refractivity contribution >= 4 is 11.6 Å². The van der Waals surface area contributed by atoms with Crippen LogP contribution in [0.5, 0.6) is 0 Å². The van der Waals surface area contributed by atoms with Crippen LogP contribution in [-0.4, -0.2) is 26.8 Å². The van der Waals surface area contributed by atoms with Crippen LogP contribution in [0.3, 0.4) is 0 Å². The minimum absolute atomic E-state index is 0.152. The lowest BCUT2D eigenvalue weighted by Gasteiger charge is -1.98. The van der Waals surface area contributed by atoms with E-state index in [1.165, 1.54) is 0 Å². The van der Waals surface area contributed by atoms with Gasteiger partial charge in [0, 0.05) is 6.20 Å². The molecule has 2 heterocycles. The lowest BCUT2D eigenvalue weighted by atomic mass is 10.3. The highest BCUT2D eigenvalue weighted by molar-refractivity contribution is 6.32. The molecule has 2 aromatic rings. The first-order valence-electron chi connectivity index (χ1n) is 4.53. The van der Waals surface area contributed by atoms with E-state index in [0.29, 0.717) is 10.7 Å². The van der Waals surface area contributed by atoms with Crippen LogP contribution in [0, 0.1) is 0 Å². The zero-order valence-electron chi connectivity index (χ0n) is 8.17. The quantitative estimate of drug-likeness (QED) is 0.823. The molecule has 2 rings (SSSR count). The summed E-state index contributed by atoms with van der Waals surface area (Å²) in [5, 5.41) is 12.9. The number of aliphatic hydroxyl groups is 1. The van der Waals surface area contributed by atoms with E-state index in [-0.39, 0.29) is 18.3 Å². The minimum atomic E-state index is -0.691. The van der Waals surface area contributed by atoms with Crippen molar-refractivity contribution in [2.24, 2.45) is 5.73 Å². The van der Waals surface area contributed by atoms with Crippen LogP contribution in [0.4, 0.5) is 0 Å². The van der Waals surface area contributed by atoms with Crippen LogP contribution < -0.4 is 5.73 Å². The number of nitrogens with zero attached hydrogens (tertiary/aromatic N) is 3. The molecule has 1 atom stereocenters. The highest BCUT2D eigenvalue weighted by Crippen LogP contribution is 2.23. The summed E-state index contributed by atoms with van der Waals surface area (Å²) < 4.78 is 4.88. The number of aliphatic hydroxyl groups excluding tert-OH is 1. The topological polar surface area (TPSA) is 98.1 Å². The molecule has 0 aliphatic rings. The summed E-state index contributed by atoms with van der Waals surface area (Å²) in [7, 11) is 0. The predicted octanol–water partition coefficient (Wildman–Crippen LogP) is 0.777. The average molecular weight is 241 g/mol. The van der Waals surface area contributed by atoms with Gasteiger partial charge in [0.15, 0.2) is 0 Å². The normalized spacial score (nSPS) is 12.7. The number of hydrogen-bond acceptors (Lipinski definition) is 6. The summed E-state index contributed by atoms with van der Waals surface area (Å²) in [5.74, 6) is 0.406. The van der Waals surface area contributed by atoms with E-state index in [1.54, 1.807) is 18.3 Å². The van der Waals surface area contributed by atoms with E-state index >= 15 is 0 Å². The molecule has 0 bridgehead atoms. The molecule has 3 N–H and O–H groups in total. The van der Waals surface area contributed by atoms with Gasteiger partial charge in [-0.05, 0) is 12.1 Å². The molecular formula is C9H9ClN4O2. The lowest BCUT2D eigenvalue weighted by molar-refractivity contribution is 0.237. The van der Waals surface area contributed by atoms with Crippen LogP contribution in [-0.2, 0) is 0 Å². The molecule has 0 aliphatic heterocycles. The van der Waals surface area contributed by atoms with Crippen LogP contribution in [0.15, 0.2) is 22.9 Å². The zero-order valence-corrected chi connectivity index (χ0v) is 8.92. The lowest BCUT2D eigenvalue weighted by Crippen LogP contribution is -2.14. The van der Waals surface area contributed by atoms with Gasteiger partial charge in [0.05, 0.1) is 11.6 Å². The Bertz CT molecular complexity index is 488. The minimum Gasteiger partial charge on any atom is -0.394 e. The highest BCUT2D eigenvalue weighted by Gasteiger charge is 2.16. The summed E-state index contributed by atoms with van der Waals surface area (Å²) in [6.45, 7) is -0.266. The van der Waals surface area contributed by atoms with E-state index < -0.39 is 6.04 Å². The third kappa shape index (κ3) is 2.04. The van der Waals surface area contributed by atoms with E-state index in [0.717, 1.165) is 0 Å². The van der Waals surface area contributed by atoms with Gasteiger partial charge in [-0.1, -0.05) is 16.8 Å². The van der Waals surface area contributed by atoms with Gasteiger partial charge in [-0.3, -0.25) is 4.98 Å². The summed E-state index contributed by atoms with van der Waals surface area (Å²) in [6.07, 6.45) is 1.57. The second kappa shape index (κ2) is 4.56. The first-order valence-corrected chi connectivity index (χ1v) is 4.91. The fraction of sp³-hybridized carbons (Fsp3) is 0.222. The zero-order chi connectivity index (χ0) is 11.5. The Morgan fingerprint density at radius 2 is 2.38 bits per heavy atom. The molecule has 0 aromatic carbocycles. The third-order valence-corrected chi connectivity index (χ3v) is 2.23. The molecule has 0 radical (unpaired) electrons. The third-order valence-electron chi connectivity index (χ3n) is 1.93. The van der Waals surface area contributed by atoms with Crippen LogP contribution >= 0.6 is 11.6 Å². The number of aromatic nitrogens is 3. The second-order valence-electron chi connectivity index (χ2n) is 3.08. The predicted molar refractivity (Wildman–Crippen MR) is 56.6 cm³/mol. The molecule has 0 saturated carbocycles. The second-order valence-corrected chi connectivity index (χ2v) is 3.49. The van der Waals surface area contributed by atoms with Crippen molar-refractivity contribution in [3.63, 3.8) is 0 Å². The molecule has 0 aliphatic carbocycles. The molecule has 6 nitrogen and oxygen atoms in total. The molecule has 0 spiro atoms. The molecule has 2 aromatic heterocycles. The molecule has 0 saturated heterocycles. The van der Waals surface area contributed by atoms with E-state index in [4.69, 9.17) is 27.0 Å². The number of halogens is 1. The van der Waals surface area contributed by atoms with Gasteiger partial charge < -0.3 is 15.4 Å². The number of hydrogen-bond donors (Lipinski definition) is 2. The first-order chi connectivity index (χ1) is 7.72. The van der Waals surface area contributed by atoms with Crippen LogP contribution in [0.25, 0.3) is 11.5 Å². The molecule has 0 unspecified atom stereocenters. The van der Waals surface area contributed by atoms with Crippen LogP contribution in [0.1, 0.15) is 11.9 Å². The molecule has 0 fully saturated rings. The Labute approximate surface area is 96.1 Å². The Morgan fingerprint density at radius 3 is 3.06 bits per heavy atom. The molecule has 0 amide bonds. The monoisotopic (exact) mass is 240 g/mol. The van der Waals surface area contributed by atoms with Crippen molar-refractivity contribution in [2.45, 2.75) is 6.04 Å². The maximum atomic E-state index is 8.83. The average Bonchev–Trinajstić information content (AvgIpc) is 2.78. The van der Waals surface area contributed by atoms with Gasteiger partial charge in [-0.2, -0.15) is 4.98 Å². The summed E-state index contributed by atoms with van der Waals surface area (Å²) in [5.41, 5.74) is 5.94. The number of nitrogens with two attached hydrogens (primary N) is 1. The maximum absolute atomic E-state index is 8.83. The van der Waals surface area contributed by atoms with Crippen LogP contribution in [0.2, 0.25) is 5.02 Å². The van der Waals surface area contributed by atoms with Gasteiger partial charge in [0.25, 0.3) is 0 Å². The fourth-order valence-electron chi connectivity index (χ4n) is 1.11. The summed E-state index contributed by atoms with van der Waals surface area (Å²) >= 11 is 5.92. The Kier molecular flexibility index (Phi) is 3.14. The van der Waals surface area contributed by atoms with Gasteiger partial charge in [0.2, 0.25) is 11.7 Å². The molecule has 84 valence electrons. The van der Waals surface area contributed by atoms with Crippen molar-refractivity contribution in [2.75, 3.05) is 6.61 Å². The summed E-state index contributed by atoms with van der Waals surface area (Å²) in [6, 6.07) is 2.68. The number of pyridine rings is 1. The van der Waals surface area contributed by atoms with Gasteiger partial charge in [-0.25, -0.2) is 0 Å². The first kappa shape index (κ1) is 11.0. The van der Waals surface area contributed by atoms with Gasteiger partial charge >= 0.3 is 0 Å². The number of rotatable bonds is 3. The van der Waals surface area contributed by atoms with E-state index in [1.807, 2.05) is 0 Å². The van der Waals surface area contributed by atoms with E-state index in [2.05, 4.69) is 15.1 Å². The van der Waals surface area contributed by atoms with Crippen molar-refractivity contribution in [1.29, 1.82) is 0 Å². The maximum Gasteiger partial charge on any atom is 0.246 e. The standard InChI is InChI=1S/C9H9ClN4O2/c10-5-2-1-3-12-7(5)8-13-9(16-14-8)6(11)4-15/h1-3,6,15H,4,11H2/t6-/m0/s1. The van der Waals surface area contributed by atoms with Crippen molar-refractivity contribution in [3.8, 4) is 11.5 Å². The Morgan fingerprint density at radius 1 is 1.56 bits per heavy atom. The smallest absolute Gasteiger partial charge is 0.246 e. The molecular weight excluding hydrogens is 232 g/mol. The van der Waals surface area contributed by atoms with Gasteiger partial charge in [0.1, 0.15) is 11.7 Å². The van der Waals surface area contributed by atoms with Crippen molar-refractivity contribution in [1.82, 2.24) is 15.1 Å². The van der Waals surface area contributed by atoms with E-state index in [9.17, 15) is 0 Å². The molecule has 16 heavy (non-hydrogen) atoms. The SMILES string of the molecule is N[C@@H](CO)c1nc(-c2ncccc2Cl)no1. The van der Waals surface area contributed by atoms with Crippen molar-refractivity contribution in [3.05, 3.63) is 29.2 Å². The Hall–Kier alpha value is -1.50. The molecule has 7 heteroatoms.